The molecule has 0 amide bonds. The van der Waals surface area contributed by atoms with Crippen molar-refractivity contribution in [1.82, 2.24) is 0 Å². The quantitative estimate of drug-likeness (QED) is 0.175. The van der Waals surface area contributed by atoms with E-state index in [4.69, 9.17) is 9.47 Å². The minimum Gasteiger partial charge on any atom is -0.345 e. The maximum absolute atomic E-state index is 6.09. The summed E-state index contributed by atoms with van der Waals surface area (Å²) >= 11 is 0. The van der Waals surface area contributed by atoms with Gasteiger partial charge in [-0.2, -0.15) is 0 Å². The van der Waals surface area contributed by atoms with E-state index in [1.807, 2.05) is 0 Å². The first-order chi connectivity index (χ1) is 15.1. The molecule has 0 fully saturated rings. The maximum Gasteiger partial charge on any atom is 0.177 e. The lowest BCUT2D eigenvalue weighted by atomic mass is 10.1. The highest BCUT2D eigenvalue weighted by Gasteiger charge is 2.06. The van der Waals surface area contributed by atoms with Crippen LogP contribution in [0.1, 0.15) is 101 Å². The summed E-state index contributed by atoms with van der Waals surface area (Å²) in [7, 11) is 0. The molecule has 0 aliphatic carbocycles. The van der Waals surface area contributed by atoms with Crippen molar-refractivity contribution in [3.05, 3.63) is 69.9 Å². The summed E-state index contributed by atoms with van der Waals surface area (Å²) in [5, 5.41) is 0. The first-order valence-corrected chi connectivity index (χ1v) is 12.2. The van der Waals surface area contributed by atoms with E-state index in [-0.39, 0.29) is 6.29 Å². The fraction of sp³-hybridized carbons (Fsp3) is 0.600. The highest BCUT2D eigenvalue weighted by atomic mass is 16.7. The number of rotatable bonds is 16. The molecule has 0 atom stereocenters. The lowest BCUT2D eigenvalue weighted by Gasteiger charge is -2.15. The maximum atomic E-state index is 6.09. The predicted octanol–water partition coefficient (Wildman–Crippen LogP) is 9.42. The number of ether oxygens (including phenoxy) is 2. The number of hydrogen-bond acceptors (Lipinski definition) is 2. The molecule has 0 radical (unpaired) electrons. The van der Waals surface area contributed by atoms with Crippen LogP contribution in [0.5, 0.6) is 0 Å². The Morgan fingerprint density at radius 1 is 0.500 bits per heavy atom. The van der Waals surface area contributed by atoms with E-state index < -0.39 is 0 Å². The highest BCUT2D eigenvalue weighted by Crippen LogP contribution is 2.13. The van der Waals surface area contributed by atoms with Crippen molar-refractivity contribution in [2.24, 2.45) is 0 Å². The molecule has 2 heteroatoms. The van der Waals surface area contributed by atoms with Crippen molar-refractivity contribution in [3.8, 4) is 0 Å². The first kappa shape index (κ1) is 30.4. The molecule has 0 aromatic carbocycles. The molecule has 0 N–H and O–H groups in total. The number of hydrogen-bond donors (Lipinski definition) is 0. The molecular formula is C30H50O2. The summed E-state index contributed by atoms with van der Waals surface area (Å²) in [6.07, 6.45) is 19.5. The molecule has 0 saturated carbocycles. The molecule has 0 saturated heterocycles. The molecule has 0 rings (SSSR count). The van der Waals surface area contributed by atoms with Crippen molar-refractivity contribution in [1.29, 1.82) is 0 Å². The first-order valence-electron chi connectivity index (χ1n) is 12.2. The summed E-state index contributed by atoms with van der Waals surface area (Å²) in [6, 6.07) is 0. The molecule has 32 heavy (non-hydrogen) atoms. The average Bonchev–Trinajstić information content (AvgIpc) is 2.66. The van der Waals surface area contributed by atoms with Gasteiger partial charge in [0.1, 0.15) is 0 Å². The summed E-state index contributed by atoms with van der Waals surface area (Å²) in [5.74, 6) is 0. The summed E-state index contributed by atoms with van der Waals surface area (Å²) in [6.45, 7) is 20.6. The zero-order valence-corrected chi connectivity index (χ0v) is 22.5. The standard InChI is InChI=1S/C30H50O2/c1-24(2)13-10-16-27(7)19-21-31-30(23-29(9)18-12-15-26(5)6)32-22-20-28(8)17-11-14-25(3)4/h13-15,19-20,23,30H,10-12,16-18,21-22H2,1-9H3. The molecule has 2 nitrogen and oxygen atoms in total. The summed E-state index contributed by atoms with van der Waals surface area (Å²) in [5.41, 5.74) is 8.15. The van der Waals surface area contributed by atoms with Crippen LogP contribution in [0, 0.1) is 0 Å². The zero-order valence-electron chi connectivity index (χ0n) is 22.5. The molecule has 0 spiro atoms. The van der Waals surface area contributed by atoms with Gasteiger partial charge in [0.25, 0.3) is 0 Å². The topological polar surface area (TPSA) is 18.5 Å². The van der Waals surface area contributed by atoms with Gasteiger partial charge < -0.3 is 9.47 Å². The monoisotopic (exact) mass is 442 g/mol. The Labute approximate surface area is 199 Å². The van der Waals surface area contributed by atoms with Gasteiger partial charge in [0.05, 0.1) is 13.2 Å². The van der Waals surface area contributed by atoms with Gasteiger partial charge in [-0.1, -0.05) is 63.8 Å². The van der Waals surface area contributed by atoms with Crippen molar-refractivity contribution < 1.29 is 9.47 Å². The second-order valence-corrected chi connectivity index (χ2v) is 9.61. The van der Waals surface area contributed by atoms with Gasteiger partial charge >= 0.3 is 0 Å². The Bertz CT molecular complexity index is 644. The van der Waals surface area contributed by atoms with Crippen LogP contribution in [-0.2, 0) is 9.47 Å². The third kappa shape index (κ3) is 20.3. The van der Waals surface area contributed by atoms with Gasteiger partial charge in [-0.3, -0.25) is 0 Å². The summed E-state index contributed by atoms with van der Waals surface area (Å²) < 4.78 is 12.2. The van der Waals surface area contributed by atoms with Crippen LogP contribution >= 0.6 is 0 Å². The van der Waals surface area contributed by atoms with Crippen molar-refractivity contribution >= 4 is 0 Å². The lowest BCUT2D eigenvalue weighted by Crippen LogP contribution is -2.16. The zero-order chi connectivity index (χ0) is 24.4. The molecule has 0 unspecified atom stereocenters. The Morgan fingerprint density at radius 2 is 0.844 bits per heavy atom. The third-order valence-corrected chi connectivity index (χ3v) is 5.08. The van der Waals surface area contributed by atoms with Gasteiger partial charge in [-0.25, -0.2) is 0 Å². The molecule has 0 aliphatic heterocycles. The second-order valence-electron chi connectivity index (χ2n) is 9.61. The van der Waals surface area contributed by atoms with Crippen LogP contribution in [0.2, 0.25) is 0 Å². The van der Waals surface area contributed by atoms with E-state index in [0.29, 0.717) is 13.2 Å². The Balaban J connectivity index is 4.86. The predicted molar refractivity (Wildman–Crippen MR) is 143 cm³/mol. The van der Waals surface area contributed by atoms with Crippen LogP contribution in [0.3, 0.4) is 0 Å². The van der Waals surface area contributed by atoms with Gasteiger partial charge in [0, 0.05) is 0 Å². The fourth-order valence-corrected chi connectivity index (χ4v) is 3.00. The van der Waals surface area contributed by atoms with E-state index in [0.717, 1.165) is 38.5 Å². The van der Waals surface area contributed by atoms with Crippen molar-refractivity contribution in [3.63, 3.8) is 0 Å². The molecular weight excluding hydrogens is 392 g/mol. The molecule has 0 aliphatic rings. The highest BCUT2D eigenvalue weighted by molar-refractivity contribution is 5.06. The largest absolute Gasteiger partial charge is 0.345 e. The van der Waals surface area contributed by atoms with Crippen LogP contribution in [-0.4, -0.2) is 19.5 Å². The fourth-order valence-electron chi connectivity index (χ4n) is 3.00. The van der Waals surface area contributed by atoms with Gasteiger partial charge in [0.15, 0.2) is 6.29 Å². The van der Waals surface area contributed by atoms with Crippen LogP contribution in [0.4, 0.5) is 0 Å². The van der Waals surface area contributed by atoms with E-state index >= 15 is 0 Å². The van der Waals surface area contributed by atoms with Crippen molar-refractivity contribution in [2.75, 3.05) is 13.2 Å². The minimum atomic E-state index is -0.314. The summed E-state index contributed by atoms with van der Waals surface area (Å²) in [4.78, 5) is 0. The van der Waals surface area contributed by atoms with Crippen LogP contribution in [0.25, 0.3) is 0 Å². The average molecular weight is 443 g/mol. The van der Waals surface area contributed by atoms with Crippen LogP contribution in [0.15, 0.2) is 69.9 Å². The Hall–Kier alpha value is -1.64. The van der Waals surface area contributed by atoms with Crippen LogP contribution < -0.4 is 0 Å². The molecule has 0 heterocycles. The second kappa shape index (κ2) is 18.9. The Morgan fingerprint density at radius 3 is 1.19 bits per heavy atom. The SMILES string of the molecule is CC(C)=CCCC(C)=CCOC(C=C(C)CCC=C(C)C)OCC=C(C)CCC=C(C)C. The normalized spacial score (nSPS) is 13.6. The third-order valence-electron chi connectivity index (χ3n) is 5.08. The van der Waals surface area contributed by atoms with Gasteiger partial charge in [0.2, 0.25) is 0 Å². The minimum absolute atomic E-state index is 0.314. The number of allylic oxidation sites excluding steroid dienone is 9. The van der Waals surface area contributed by atoms with Gasteiger partial charge in [-0.15, -0.1) is 0 Å². The molecule has 182 valence electrons. The molecule has 0 bridgehead atoms. The van der Waals surface area contributed by atoms with E-state index in [1.165, 1.54) is 33.4 Å². The van der Waals surface area contributed by atoms with Gasteiger partial charge in [-0.05, 0) is 107 Å². The van der Waals surface area contributed by atoms with E-state index in [9.17, 15) is 0 Å². The molecule has 0 aromatic heterocycles. The lowest BCUT2D eigenvalue weighted by molar-refractivity contribution is -0.0943. The van der Waals surface area contributed by atoms with E-state index in [1.54, 1.807) is 0 Å². The van der Waals surface area contributed by atoms with Crippen molar-refractivity contribution in [2.45, 2.75) is 107 Å². The van der Waals surface area contributed by atoms with E-state index in [2.05, 4.69) is 98.8 Å². The Kier molecular flexibility index (Phi) is 17.9. The molecule has 0 aromatic rings. The smallest absolute Gasteiger partial charge is 0.177 e.